The summed E-state index contributed by atoms with van der Waals surface area (Å²) in [5.74, 6) is 0.614. The Morgan fingerprint density at radius 1 is 1.47 bits per heavy atom. The maximum atomic E-state index is 11.8. The molecular formula is C11H19NO4S. The molecule has 1 rings (SSSR count). The summed E-state index contributed by atoms with van der Waals surface area (Å²) < 4.78 is 35.3. The van der Waals surface area contributed by atoms with Crippen LogP contribution in [0.2, 0.25) is 0 Å². The third-order valence-electron chi connectivity index (χ3n) is 2.23. The Bertz CT molecular complexity index is 411. The van der Waals surface area contributed by atoms with E-state index in [9.17, 15) is 8.42 Å². The van der Waals surface area contributed by atoms with Crippen LogP contribution in [0.3, 0.4) is 0 Å². The van der Waals surface area contributed by atoms with E-state index in [0.717, 1.165) is 0 Å². The number of hydrogen-bond acceptors (Lipinski definition) is 4. The zero-order valence-corrected chi connectivity index (χ0v) is 11.2. The molecule has 0 bridgehead atoms. The van der Waals surface area contributed by atoms with E-state index in [1.54, 1.807) is 12.1 Å². The second-order valence-corrected chi connectivity index (χ2v) is 6.27. The van der Waals surface area contributed by atoms with Gasteiger partial charge in [-0.05, 0) is 26.0 Å². The highest BCUT2D eigenvalue weighted by molar-refractivity contribution is 7.89. The molecule has 0 N–H and O–H groups in total. The van der Waals surface area contributed by atoms with E-state index < -0.39 is 10.0 Å². The summed E-state index contributed by atoms with van der Waals surface area (Å²) in [6.45, 7) is 4.21. The third-order valence-corrected chi connectivity index (χ3v) is 3.99. The van der Waals surface area contributed by atoms with Crippen molar-refractivity contribution in [2.75, 3.05) is 19.4 Å². The van der Waals surface area contributed by atoms with Gasteiger partial charge in [-0.3, -0.25) is 0 Å². The molecule has 0 amide bonds. The smallest absolute Gasteiger partial charge is 0.216 e. The van der Waals surface area contributed by atoms with E-state index in [2.05, 4.69) is 0 Å². The summed E-state index contributed by atoms with van der Waals surface area (Å²) in [7, 11) is -1.75. The first kappa shape index (κ1) is 14.2. The van der Waals surface area contributed by atoms with Crippen molar-refractivity contribution in [2.45, 2.75) is 26.5 Å². The first-order valence-electron chi connectivity index (χ1n) is 5.50. The molecule has 0 unspecified atom stereocenters. The molecule has 6 heteroatoms. The average molecular weight is 261 g/mol. The van der Waals surface area contributed by atoms with Crippen LogP contribution in [0.1, 0.15) is 19.6 Å². The lowest BCUT2D eigenvalue weighted by atomic mass is 10.4. The largest absolute Gasteiger partial charge is 0.468 e. The first-order chi connectivity index (χ1) is 7.92. The number of nitrogens with zero attached hydrogens (tertiary/aromatic N) is 1. The van der Waals surface area contributed by atoms with E-state index in [-0.39, 0.29) is 25.0 Å². The summed E-state index contributed by atoms with van der Waals surface area (Å²) in [6, 6.07) is 3.48. The topological polar surface area (TPSA) is 59.8 Å². The van der Waals surface area contributed by atoms with Crippen LogP contribution >= 0.6 is 0 Å². The van der Waals surface area contributed by atoms with Gasteiger partial charge in [-0.15, -0.1) is 0 Å². The molecule has 0 radical (unpaired) electrons. The standard InChI is InChI=1S/C11H19NO4S/c1-10(2)15-7-8-17(13,14)12(3)9-11-5-4-6-16-11/h4-6,10H,7-9H2,1-3H3. The predicted molar refractivity (Wildman–Crippen MR) is 65.0 cm³/mol. The molecule has 1 heterocycles. The van der Waals surface area contributed by atoms with Crippen LogP contribution in [0.15, 0.2) is 22.8 Å². The van der Waals surface area contributed by atoms with Gasteiger partial charge in [0.25, 0.3) is 0 Å². The van der Waals surface area contributed by atoms with Crippen LogP contribution in [0.25, 0.3) is 0 Å². The fourth-order valence-corrected chi connectivity index (χ4v) is 2.21. The van der Waals surface area contributed by atoms with Gasteiger partial charge in [0.2, 0.25) is 10.0 Å². The zero-order chi connectivity index (χ0) is 12.9. The number of rotatable bonds is 7. The Balaban J connectivity index is 2.46. The second kappa shape index (κ2) is 6.18. The molecule has 0 atom stereocenters. The van der Waals surface area contributed by atoms with Crippen LogP contribution in [0.4, 0.5) is 0 Å². The summed E-state index contributed by atoms with van der Waals surface area (Å²) in [6.07, 6.45) is 1.57. The van der Waals surface area contributed by atoms with Gasteiger partial charge in [-0.1, -0.05) is 0 Å². The average Bonchev–Trinajstić information content (AvgIpc) is 2.69. The summed E-state index contributed by atoms with van der Waals surface area (Å²) in [5.41, 5.74) is 0. The van der Waals surface area contributed by atoms with Crippen molar-refractivity contribution in [1.82, 2.24) is 4.31 Å². The third kappa shape index (κ3) is 4.89. The first-order valence-corrected chi connectivity index (χ1v) is 7.10. The Hall–Kier alpha value is -0.850. The summed E-state index contributed by atoms with van der Waals surface area (Å²) >= 11 is 0. The monoisotopic (exact) mass is 261 g/mol. The molecule has 0 fully saturated rings. The zero-order valence-electron chi connectivity index (χ0n) is 10.4. The van der Waals surface area contributed by atoms with Gasteiger partial charge in [0.15, 0.2) is 0 Å². The molecule has 98 valence electrons. The lowest BCUT2D eigenvalue weighted by molar-refractivity contribution is 0.0907. The van der Waals surface area contributed by atoms with Crippen molar-refractivity contribution in [3.63, 3.8) is 0 Å². The van der Waals surface area contributed by atoms with Gasteiger partial charge in [0.1, 0.15) is 5.76 Å². The maximum Gasteiger partial charge on any atom is 0.216 e. The van der Waals surface area contributed by atoms with Crippen molar-refractivity contribution in [2.24, 2.45) is 0 Å². The minimum Gasteiger partial charge on any atom is -0.468 e. The highest BCUT2D eigenvalue weighted by Crippen LogP contribution is 2.08. The van der Waals surface area contributed by atoms with E-state index in [1.807, 2.05) is 13.8 Å². The minimum atomic E-state index is -3.28. The summed E-state index contributed by atoms with van der Waals surface area (Å²) in [4.78, 5) is 0. The molecule has 0 saturated heterocycles. The Morgan fingerprint density at radius 2 is 2.18 bits per heavy atom. The van der Waals surface area contributed by atoms with Crippen molar-refractivity contribution >= 4 is 10.0 Å². The van der Waals surface area contributed by atoms with Crippen LogP contribution in [0, 0.1) is 0 Å². The lowest BCUT2D eigenvalue weighted by Crippen LogP contribution is -2.30. The van der Waals surface area contributed by atoms with E-state index in [1.165, 1.54) is 17.6 Å². The van der Waals surface area contributed by atoms with Crippen molar-refractivity contribution in [1.29, 1.82) is 0 Å². The molecule has 0 aliphatic rings. The molecule has 0 spiro atoms. The Labute approximate surface area is 102 Å². The predicted octanol–water partition coefficient (Wildman–Crippen LogP) is 1.47. The number of ether oxygens (including phenoxy) is 1. The molecule has 0 aliphatic heterocycles. The molecule has 0 aromatic carbocycles. The SMILES string of the molecule is CC(C)OCCS(=O)(=O)N(C)Cc1ccco1. The van der Waals surface area contributed by atoms with Gasteiger partial charge in [-0.25, -0.2) is 8.42 Å². The molecule has 0 saturated carbocycles. The normalized spacial score (nSPS) is 12.5. The van der Waals surface area contributed by atoms with Crippen molar-refractivity contribution < 1.29 is 17.6 Å². The Kier molecular flexibility index (Phi) is 5.17. The van der Waals surface area contributed by atoms with Gasteiger partial charge in [0.05, 0.1) is 31.3 Å². The van der Waals surface area contributed by atoms with Crippen LogP contribution < -0.4 is 0 Å². The van der Waals surface area contributed by atoms with Crippen LogP contribution in [-0.2, 0) is 21.3 Å². The van der Waals surface area contributed by atoms with Gasteiger partial charge in [0, 0.05) is 7.05 Å². The lowest BCUT2D eigenvalue weighted by Gasteiger charge is -2.16. The molecule has 17 heavy (non-hydrogen) atoms. The van der Waals surface area contributed by atoms with Crippen molar-refractivity contribution in [3.8, 4) is 0 Å². The molecule has 1 aromatic heterocycles. The quantitative estimate of drug-likeness (QED) is 0.745. The van der Waals surface area contributed by atoms with Crippen LogP contribution in [-0.4, -0.2) is 38.2 Å². The van der Waals surface area contributed by atoms with Crippen molar-refractivity contribution in [3.05, 3.63) is 24.2 Å². The Morgan fingerprint density at radius 3 is 2.71 bits per heavy atom. The number of hydrogen-bond donors (Lipinski definition) is 0. The highest BCUT2D eigenvalue weighted by atomic mass is 32.2. The van der Waals surface area contributed by atoms with E-state index in [0.29, 0.717) is 5.76 Å². The maximum absolute atomic E-state index is 11.8. The van der Waals surface area contributed by atoms with Gasteiger partial charge < -0.3 is 9.15 Å². The molecule has 1 aromatic rings. The van der Waals surface area contributed by atoms with E-state index in [4.69, 9.17) is 9.15 Å². The van der Waals surface area contributed by atoms with Gasteiger partial charge in [-0.2, -0.15) is 4.31 Å². The number of sulfonamides is 1. The summed E-state index contributed by atoms with van der Waals surface area (Å²) in [5, 5.41) is 0. The highest BCUT2D eigenvalue weighted by Gasteiger charge is 2.18. The molecule has 0 aliphatic carbocycles. The fraction of sp³-hybridized carbons (Fsp3) is 0.636. The van der Waals surface area contributed by atoms with Gasteiger partial charge >= 0.3 is 0 Å². The second-order valence-electron chi connectivity index (χ2n) is 4.07. The fourth-order valence-electron chi connectivity index (χ4n) is 1.27. The molecular weight excluding hydrogens is 242 g/mol. The number of furan rings is 1. The van der Waals surface area contributed by atoms with Crippen LogP contribution in [0.5, 0.6) is 0 Å². The van der Waals surface area contributed by atoms with E-state index >= 15 is 0 Å². The minimum absolute atomic E-state index is 0.0115. The molecule has 5 nitrogen and oxygen atoms in total.